The second-order valence-corrected chi connectivity index (χ2v) is 5.27. The SMILES string of the molecule is COc1cc(NC(=O)C(=O)Nc2ccc(Cl)cc2)cc(OC)c1OC. The lowest BCUT2D eigenvalue weighted by atomic mass is 10.2. The average Bonchev–Trinajstić information content (AvgIpc) is 2.62. The Labute approximate surface area is 149 Å². The van der Waals surface area contributed by atoms with Crippen molar-refractivity contribution in [1.29, 1.82) is 0 Å². The number of anilines is 2. The van der Waals surface area contributed by atoms with Gasteiger partial charge >= 0.3 is 11.8 Å². The van der Waals surface area contributed by atoms with Crippen molar-refractivity contribution in [1.82, 2.24) is 0 Å². The van der Waals surface area contributed by atoms with E-state index in [9.17, 15) is 9.59 Å². The monoisotopic (exact) mass is 364 g/mol. The van der Waals surface area contributed by atoms with Crippen LogP contribution in [0.5, 0.6) is 17.2 Å². The predicted molar refractivity (Wildman–Crippen MR) is 94.8 cm³/mol. The summed E-state index contributed by atoms with van der Waals surface area (Å²) in [6, 6.07) is 9.44. The lowest BCUT2D eigenvalue weighted by Crippen LogP contribution is -2.29. The molecule has 0 fully saturated rings. The maximum atomic E-state index is 12.1. The van der Waals surface area contributed by atoms with Gasteiger partial charge in [-0.3, -0.25) is 9.59 Å². The molecule has 2 aromatic rings. The first-order valence-corrected chi connectivity index (χ1v) is 7.54. The molecular weight excluding hydrogens is 348 g/mol. The number of benzene rings is 2. The van der Waals surface area contributed by atoms with E-state index in [2.05, 4.69) is 10.6 Å². The molecule has 132 valence electrons. The molecule has 0 aromatic heterocycles. The van der Waals surface area contributed by atoms with Gasteiger partial charge in [-0.1, -0.05) is 11.6 Å². The summed E-state index contributed by atoms with van der Waals surface area (Å²) in [6.07, 6.45) is 0. The topological polar surface area (TPSA) is 85.9 Å². The first kappa shape index (κ1) is 18.4. The molecule has 0 saturated carbocycles. The van der Waals surface area contributed by atoms with Gasteiger partial charge in [0.2, 0.25) is 5.75 Å². The smallest absolute Gasteiger partial charge is 0.314 e. The molecule has 0 heterocycles. The van der Waals surface area contributed by atoms with Crippen molar-refractivity contribution in [3.63, 3.8) is 0 Å². The highest BCUT2D eigenvalue weighted by Crippen LogP contribution is 2.39. The summed E-state index contributed by atoms with van der Waals surface area (Å²) >= 11 is 5.77. The van der Waals surface area contributed by atoms with Gasteiger partial charge in [-0.15, -0.1) is 0 Å². The third kappa shape index (κ3) is 4.54. The molecule has 0 spiro atoms. The zero-order valence-electron chi connectivity index (χ0n) is 13.9. The van der Waals surface area contributed by atoms with Crippen molar-refractivity contribution in [2.45, 2.75) is 0 Å². The molecule has 0 radical (unpaired) electrons. The van der Waals surface area contributed by atoms with Crippen LogP contribution in [0, 0.1) is 0 Å². The molecule has 0 aliphatic heterocycles. The zero-order chi connectivity index (χ0) is 18.4. The Morgan fingerprint density at radius 1 is 0.800 bits per heavy atom. The number of amides is 2. The van der Waals surface area contributed by atoms with Gasteiger partial charge in [0.25, 0.3) is 0 Å². The quantitative estimate of drug-likeness (QED) is 0.797. The minimum atomic E-state index is -0.843. The first-order valence-electron chi connectivity index (χ1n) is 7.16. The van der Waals surface area contributed by atoms with Crippen molar-refractivity contribution in [2.75, 3.05) is 32.0 Å². The molecule has 0 saturated heterocycles. The molecule has 2 aromatic carbocycles. The van der Waals surface area contributed by atoms with E-state index in [-0.39, 0.29) is 0 Å². The van der Waals surface area contributed by atoms with Crippen LogP contribution in [0.4, 0.5) is 11.4 Å². The fraction of sp³-hybridized carbons (Fsp3) is 0.176. The number of carbonyl (C=O) groups excluding carboxylic acids is 2. The molecule has 0 unspecified atom stereocenters. The second kappa shape index (κ2) is 8.25. The minimum Gasteiger partial charge on any atom is -0.493 e. The molecule has 0 atom stereocenters. The van der Waals surface area contributed by atoms with Gasteiger partial charge < -0.3 is 24.8 Å². The van der Waals surface area contributed by atoms with Gasteiger partial charge in [0.1, 0.15) is 0 Å². The standard InChI is InChI=1S/C17H17ClN2O5/c1-23-13-8-12(9-14(24-2)15(13)25-3)20-17(22)16(21)19-11-6-4-10(18)5-7-11/h4-9H,1-3H3,(H,19,21)(H,20,22). The third-order valence-corrected chi connectivity index (χ3v) is 3.48. The van der Waals surface area contributed by atoms with Crippen LogP contribution in [0.2, 0.25) is 5.02 Å². The van der Waals surface area contributed by atoms with E-state index < -0.39 is 11.8 Å². The van der Waals surface area contributed by atoms with Gasteiger partial charge in [0.15, 0.2) is 11.5 Å². The number of rotatable bonds is 5. The minimum absolute atomic E-state index is 0.325. The lowest BCUT2D eigenvalue weighted by Gasteiger charge is -2.14. The van der Waals surface area contributed by atoms with Gasteiger partial charge in [-0.25, -0.2) is 0 Å². The van der Waals surface area contributed by atoms with Gasteiger partial charge in [0.05, 0.1) is 21.3 Å². The van der Waals surface area contributed by atoms with Crippen molar-refractivity contribution in [3.05, 3.63) is 41.4 Å². The molecule has 2 N–H and O–H groups in total. The number of hydrogen-bond acceptors (Lipinski definition) is 5. The molecule has 0 aliphatic carbocycles. The Kier molecular flexibility index (Phi) is 6.08. The summed E-state index contributed by atoms with van der Waals surface area (Å²) in [5.41, 5.74) is 0.778. The van der Waals surface area contributed by atoms with Crippen LogP contribution >= 0.6 is 11.6 Å². The largest absolute Gasteiger partial charge is 0.493 e. The Hall–Kier alpha value is -2.93. The average molecular weight is 365 g/mol. The van der Waals surface area contributed by atoms with Gasteiger partial charge in [-0.2, -0.15) is 0 Å². The fourth-order valence-electron chi connectivity index (χ4n) is 2.06. The summed E-state index contributed by atoms with van der Waals surface area (Å²) in [7, 11) is 4.38. The third-order valence-electron chi connectivity index (χ3n) is 3.23. The van der Waals surface area contributed by atoms with E-state index in [4.69, 9.17) is 25.8 Å². The molecule has 2 rings (SSSR count). The van der Waals surface area contributed by atoms with Gasteiger partial charge in [-0.05, 0) is 24.3 Å². The Balaban J connectivity index is 2.13. The van der Waals surface area contributed by atoms with Crippen LogP contribution in [0.25, 0.3) is 0 Å². The van der Waals surface area contributed by atoms with Crippen LogP contribution in [-0.2, 0) is 9.59 Å². The van der Waals surface area contributed by atoms with E-state index in [1.165, 1.54) is 33.5 Å². The number of halogens is 1. The van der Waals surface area contributed by atoms with E-state index in [1.807, 2.05) is 0 Å². The molecule has 25 heavy (non-hydrogen) atoms. The molecule has 8 heteroatoms. The molecule has 0 aliphatic rings. The summed E-state index contributed by atoms with van der Waals surface area (Å²) < 4.78 is 15.6. The first-order chi connectivity index (χ1) is 12.0. The number of ether oxygens (including phenoxy) is 3. The molecule has 0 bridgehead atoms. The van der Waals surface area contributed by atoms with Crippen LogP contribution in [0.1, 0.15) is 0 Å². The Morgan fingerprint density at radius 3 is 1.72 bits per heavy atom. The van der Waals surface area contributed by atoms with Crippen molar-refractivity contribution < 1.29 is 23.8 Å². The number of carbonyl (C=O) groups is 2. The normalized spacial score (nSPS) is 9.92. The molecular formula is C17H17ClN2O5. The second-order valence-electron chi connectivity index (χ2n) is 4.83. The van der Waals surface area contributed by atoms with E-state index in [0.29, 0.717) is 33.6 Å². The molecule has 2 amide bonds. The fourth-order valence-corrected chi connectivity index (χ4v) is 2.19. The lowest BCUT2D eigenvalue weighted by molar-refractivity contribution is -0.133. The highest BCUT2D eigenvalue weighted by atomic mass is 35.5. The van der Waals surface area contributed by atoms with Crippen molar-refractivity contribution >= 4 is 34.8 Å². The predicted octanol–water partition coefficient (Wildman–Crippen LogP) is 2.94. The Bertz CT molecular complexity index is 752. The maximum absolute atomic E-state index is 12.1. The van der Waals surface area contributed by atoms with Crippen LogP contribution in [0.3, 0.4) is 0 Å². The molecule has 7 nitrogen and oxygen atoms in total. The maximum Gasteiger partial charge on any atom is 0.314 e. The van der Waals surface area contributed by atoms with Crippen molar-refractivity contribution in [3.8, 4) is 17.2 Å². The van der Waals surface area contributed by atoms with E-state index in [1.54, 1.807) is 24.3 Å². The summed E-state index contributed by atoms with van der Waals surface area (Å²) in [5.74, 6) is -0.570. The Morgan fingerprint density at radius 2 is 1.28 bits per heavy atom. The number of methoxy groups -OCH3 is 3. The van der Waals surface area contributed by atoms with E-state index in [0.717, 1.165) is 0 Å². The van der Waals surface area contributed by atoms with E-state index >= 15 is 0 Å². The summed E-state index contributed by atoms with van der Waals surface area (Å²) in [4.78, 5) is 24.1. The number of nitrogens with one attached hydrogen (secondary N) is 2. The number of hydrogen-bond donors (Lipinski definition) is 2. The van der Waals surface area contributed by atoms with Crippen LogP contribution in [-0.4, -0.2) is 33.1 Å². The van der Waals surface area contributed by atoms with Crippen molar-refractivity contribution in [2.24, 2.45) is 0 Å². The summed E-state index contributed by atoms with van der Waals surface area (Å²) in [5, 5.41) is 5.48. The highest BCUT2D eigenvalue weighted by molar-refractivity contribution is 6.43. The zero-order valence-corrected chi connectivity index (χ0v) is 14.6. The summed E-state index contributed by atoms with van der Waals surface area (Å²) in [6.45, 7) is 0. The van der Waals surface area contributed by atoms with Gasteiger partial charge in [0, 0.05) is 28.5 Å². The van der Waals surface area contributed by atoms with Crippen LogP contribution < -0.4 is 24.8 Å². The van der Waals surface area contributed by atoms with Crippen LogP contribution in [0.15, 0.2) is 36.4 Å². The highest BCUT2D eigenvalue weighted by Gasteiger charge is 2.18.